The van der Waals surface area contributed by atoms with E-state index < -0.39 is 5.92 Å². The number of hydrogen-bond donors (Lipinski definition) is 0. The minimum atomic E-state index is -0.450. The quantitative estimate of drug-likeness (QED) is 0.753. The molecule has 1 unspecified atom stereocenters. The van der Waals surface area contributed by atoms with Crippen molar-refractivity contribution in [3.05, 3.63) is 66.0 Å². The summed E-state index contributed by atoms with van der Waals surface area (Å²) in [7, 11) is 0. The number of nitrogens with zero attached hydrogens (tertiary/aromatic N) is 1. The smallest absolute Gasteiger partial charge is 0.163 e. The molecule has 102 valence electrons. The fourth-order valence-corrected chi connectivity index (χ4v) is 2.14. The monoisotopic (exact) mass is 267 g/mol. The van der Waals surface area contributed by atoms with Crippen LogP contribution >= 0.6 is 0 Å². The van der Waals surface area contributed by atoms with Gasteiger partial charge in [-0.05, 0) is 12.1 Å². The Kier molecular flexibility index (Phi) is 4.77. The molecule has 0 aliphatic rings. The second kappa shape index (κ2) is 6.75. The molecule has 0 amide bonds. The zero-order valence-corrected chi connectivity index (χ0v) is 11.5. The Hall–Kier alpha value is -2.29. The number of ketones is 2. The van der Waals surface area contributed by atoms with Gasteiger partial charge in [0.1, 0.15) is 5.78 Å². The molecule has 1 atom stereocenters. The zero-order valence-electron chi connectivity index (χ0n) is 11.5. The molecule has 0 aliphatic carbocycles. The SMILES string of the molecule is CCC(=O)C(CC(=O)c1ccccc1)c1ccccn1. The lowest BCUT2D eigenvalue weighted by atomic mass is 9.90. The van der Waals surface area contributed by atoms with Crippen molar-refractivity contribution in [2.75, 3.05) is 0 Å². The minimum Gasteiger partial charge on any atom is -0.299 e. The van der Waals surface area contributed by atoms with Crippen LogP contribution in [0, 0.1) is 0 Å². The molecule has 0 aliphatic heterocycles. The van der Waals surface area contributed by atoms with E-state index in [4.69, 9.17) is 0 Å². The minimum absolute atomic E-state index is 0.0250. The maximum Gasteiger partial charge on any atom is 0.163 e. The van der Waals surface area contributed by atoms with Gasteiger partial charge in [0.2, 0.25) is 0 Å². The van der Waals surface area contributed by atoms with Crippen LogP contribution in [0.5, 0.6) is 0 Å². The zero-order chi connectivity index (χ0) is 14.4. The first-order valence-corrected chi connectivity index (χ1v) is 6.74. The summed E-state index contributed by atoms with van der Waals surface area (Å²) < 4.78 is 0. The van der Waals surface area contributed by atoms with Gasteiger partial charge in [-0.1, -0.05) is 43.3 Å². The van der Waals surface area contributed by atoms with Crippen molar-refractivity contribution in [2.24, 2.45) is 0 Å². The molecule has 0 saturated carbocycles. The van der Waals surface area contributed by atoms with Crippen LogP contribution in [0.1, 0.15) is 41.7 Å². The van der Waals surface area contributed by atoms with E-state index in [1.807, 2.05) is 31.2 Å². The molecular formula is C17H17NO2. The lowest BCUT2D eigenvalue weighted by Gasteiger charge is -2.13. The number of carbonyl (C=O) groups excluding carboxylic acids is 2. The summed E-state index contributed by atoms with van der Waals surface area (Å²) in [5.74, 6) is -0.426. The molecule has 3 heteroatoms. The highest BCUT2D eigenvalue weighted by atomic mass is 16.1. The second-order valence-corrected chi connectivity index (χ2v) is 4.62. The number of carbonyl (C=O) groups is 2. The van der Waals surface area contributed by atoms with Crippen LogP contribution in [0.3, 0.4) is 0 Å². The van der Waals surface area contributed by atoms with E-state index in [1.54, 1.807) is 30.5 Å². The molecule has 0 saturated heterocycles. The molecule has 1 aromatic carbocycles. The molecular weight excluding hydrogens is 250 g/mol. The first-order valence-electron chi connectivity index (χ1n) is 6.74. The van der Waals surface area contributed by atoms with Crippen molar-refractivity contribution in [1.82, 2.24) is 4.98 Å². The van der Waals surface area contributed by atoms with Crippen molar-refractivity contribution >= 4 is 11.6 Å². The van der Waals surface area contributed by atoms with Gasteiger partial charge >= 0.3 is 0 Å². The molecule has 0 bridgehead atoms. The molecule has 0 radical (unpaired) electrons. The summed E-state index contributed by atoms with van der Waals surface area (Å²) in [5.41, 5.74) is 1.31. The number of aromatic nitrogens is 1. The third kappa shape index (κ3) is 3.38. The van der Waals surface area contributed by atoms with Crippen LogP contribution in [-0.2, 0) is 4.79 Å². The Labute approximate surface area is 118 Å². The molecule has 2 aromatic rings. The third-order valence-corrected chi connectivity index (χ3v) is 3.27. The third-order valence-electron chi connectivity index (χ3n) is 3.27. The molecule has 20 heavy (non-hydrogen) atoms. The van der Waals surface area contributed by atoms with Gasteiger partial charge in [0.15, 0.2) is 5.78 Å². The summed E-state index contributed by atoms with van der Waals surface area (Å²) in [5, 5.41) is 0. The Bertz CT molecular complexity index is 578. The normalized spacial score (nSPS) is 11.8. The average Bonchev–Trinajstić information content (AvgIpc) is 2.53. The van der Waals surface area contributed by atoms with Crippen molar-refractivity contribution < 1.29 is 9.59 Å². The molecule has 0 fully saturated rings. The Morgan fingerprint density at radius 2 is 1.75 bits per heavy atom. The lowest BCUT2D eigenvalue weighted by Crippen LogP contribution is -2.17. The van der Waals surface area contributed by atoms with Crippen molar-refractivity contribution in [2.45, 2.75) is 25.7 Å². The number of hydrogen-bond acceptors (Lipinski definition) is 3. The van der Waals surface area contributed by atoms with Gasteiger partial charge in [-0.25, -0.2) is 0 Å². The van der Waals surface area contributed by atoms with E-state index in [2.05, 4.69) is 4.98 Å². The lowest BCUT2D eigenvalue weighted by molar-refractivity contribution is -0.120. The highest BCUT2D eigenvalue weighted by Gasteiger charge is 2.23. The summed E-state index contributed by atoms with van der Waals surface area (Å²) in [6, 6.07) is 14.5. The van der Waals surface area contributed by atoms with E-state index in [-0.39, 0.29) is 18.0 Å². The van der Waals surface area contributed by atoms with Crippen LogP contribution in [-0.4, -0.2) is 16.6 Å². The van der Waals surface area contributed by atoms with Crippen LogP contribution in [0.4, 0.5) is 0 Å². The van der Waals surface area contributed by atoms with E-state index in [1.165, 1.54) is 0 Å². The molecule has 1 heterocycles. The number of pyridine rings is 1. The summed E-state index contributed by atoms with van der Waals surface area (Å²) in [6.45, 7) is 1.81. The Morgan fingerprint density at radius 1 is 1.05 bits per heavy atom. The van der Waals surface area contributed by atoms with Gasteiger partial charge in [0.05, 0.1) is 11.6 Å². The van der Waals surface area contributed by atoms with Gasteiger partial charge in [-0.15, -0.1) is 0 Å². The van der Waals surface area contributed by atoms with Gasteiger partial charge in [-0.2, -0.15) is 0 Å². The first-order chi connectivity index (χ1) is 9.72. The maximum atomic E-state index is 12.3. The maximum absolute atomic E-state index is 12.3. The Balaban J connectivity index is 2.21. The molecule has 3 nitrogen and oxygen atoms in total. The largest absolute Gasteiger partial charge is 0.299 e. The topological polar surface area (TPSA) is 47.0 Å². The van der Waals surface area contributed by atoms with Gasteiger partial charge < -0.3 is 0 Å². The predicted octanol–water partition coefficient (Wildman–Crippen LogP) is 3.42. The van der Waals surface area contributed by atoms with E-state index in [0.717, 1.165) is 0 Å². The van der Waals surface area contributed by atoms with Crippen molar-refractivity contribution in [1.29, 1.82) is 0 Å². The predicted molar refractivity (Wildman–Crippen MR) is 77.7 cm³/mol. The highest BCUT2D eigenvalue weighted by Crippen LogP contribution is 2.22. The fraction of sp³-hybridized carbons (Fsp3) is 0.235. The van der Waals surface area contributed by atoms with Crippen LogP contribution in [0.25, 0.3) is 0 Å². The van der Waals surface area contributed by atoms with E-state index >= 15 is 0 Å². The Morgan fingerprint density at radius 3 is 2.35 bits per heavy atom. The van der Waals surface area contributed by atoms with Gasteiger partial charge in [0, 0.05) is 24.6 Å². The standard InChI is InChI=1S/C17H17NO2/c1-2-16(19)14(15-10-6-7-11-18-15)12-17(20)13-8-4-3-5-9-13/h3-11,14H,2,12H2,1H3. The van der Waals surface area contributed by atoms with E-state index in [9.17, 15) is 9.59 Å². The average molecular weight is 267 g/mol. The molecule has 1 aromatic heterocycles. The fourth-order valence-electron chi connectivity index (χ4n) is 2.14. The van der Waals surface area contributed by atoms with Gasteiger partial charge in [-0.3, -0.25) is 14.6 Å². The van der Waals surface area contributed by atoms with Crippen LogP contribution < -0.4 is 0 Å². The molecule has 2 rings (SSSR count). The van der Waals surface area contributed by atoms with Crippen molar-refractivity contribution in [3.8, 4) is 0 Å². The number of rotatable bonds is 6. The number of benzene rings is 1. The number of Topliss-reactive ketones (excluding diaryl/α,β-unsaturated/α-hetero) is 2. The van der Waals surface area contributed by atoms with Crippen molar-refractivity contribution in [3.63, 3.8) is 0 Å². The van der Waals surface area contributed by atoms with Crippen LogP contribution in [0.2, 0.25) is 0 Å². The molecule has 0 N–H and O–H groups in total. The molecule has 0 spiro atoms. The highest BCUT2D eigenvalue weighted by molar-refractivity contribution is 6.00. The second-order valence-electron chi connectivity index (χ2n) is 4.62. The van der Waals surface area contributed by atoms with Crippen LogP contribution in [0.15, 0.2) is 54.7 Å². The van der Waals surface area contributed by atoms with E-state index in [0.29, 0.717) is 17.7 Å². The van der Waals surface area contributed by atoms with Gasteiger partial charge in [0.25, 0.3) is 0 Å². The summed E-state index contributed by atoms with van der Waals surface area (Å²) in [6.07, 6.45) is 2.23. The summed E-state index contributed by atoms with van der Waals surface area (Å²) >= 11 is 0. The first kappa shape index (κ1) is 14.1. The summed E-state index contributed by atoms with van der Waals surface area (Å²) in [4.78, 5) is 28.6.